The topological polar surface area (TPSA) is 55.6 Å². The van der Waals surface area contributed by atoms with E-state index in [2.05, 4.69) is 20.8 Å². The standard InChI is InChI=1S/C16H24N2O2/c1-16(2,3)13-10-12-11(9-14(13)20-4)5-7-18(8-6-17)15(12)19/h9-10H,5-8,17H2,1-4H3. The fourth-order valence-corrected chi connectivity index (χ4v) is 2.68. The van der Waals surface area contributed by atoms with Gasteiger partial charge in [0.1, 0.15) is 5.75 Å². The summed E-state index contributed by atoms with van der Waals surface area (Å²) in [6.07, 6.45) is 0.863. The van der Waals surface area contributed by atoms with Gasteiger partial charge in [0.05, 0.1) is 7.11 Å². The molecule has 0 aromatic heterocycles. The largest absolute Gasteiger partial charge is 0.496 e. The number of benzene rings is 1. The van der Waals surface area contributed by atoms with Crippen LogP contribution in [-0.4, -0.2) is 37.6 Å². The Morgan fingerprint density at radius 3 is 2.60 bits per heavy atom. The first-order chi connectivity index (χ1) is 9.38. The second kappa shape index (κ2) is 5.44. The van der Waals surface area contributed by atoms with Gasteiger partial charge in [0, 0.05) is 30.8 Å². The van der Waals surface area contributed by atoms with Crippen LogP contribution in [0.4, 0.5) is 0 Å². The quantitative estimate of drug-likeness (QED) is 0.918. The molecule has 0 bridgehead atoms. The van der Waals surface area contributed by atoms with Gasteiger partial charge in [-0.05, 0) is 29.5 Å². The Hall–Kier alpha value is -1.55. The molecule has 1 aromatic rings. The van der Waals surface area contributed by atoms with Crippen LogP contribution in [0.3, 0.4) is 0 Å². The zero-order chi connectivity index (χ0) is 14.9. The number of hydrogen-bond donors (Lipinski definition) is 1. The minimum absolute atomic E-state index is 0.0587. The lowest BCUT2D eigenvalue weighted by molar-refractivity contribution is 0.0744. The van der Waals surface area contributed by atoms with Crippen molar-refractivity contribution >= 4 is 5.91 Å². The molecule has 0 unspecified atom stereocenters. The first-order valence-corrected chi connectivity index (χ1v) is 7.09. The summed E-state index contributed by atoms with van der Waals surface area (Å²) in [5, 5.41) is 0. The predicted octanol–water partition coefficient (Wildman–Crippen LogP) is 1.95. The lowest BCUT2D eigenvalue weighted by Gasteiger charge is -2.31. The summed E-state index contributed by atoms with van der Waals surface area (Å²) >= 11 is 0. The van der Waals surface area contributed by atoms with E-state index in [1.807, 2.05) is 17.0 Å². The summed E-state index contributed by atoms with van der Waals surface area (Å²) in [5.74, 6) is 0.959. The van der Waals surface area contributed by atoms with E-state index >= 15 is 0 Å². The highest BCUT2D eigenvalue weighted by Gasteiger charge is 2.28. The number of amides is 1. The first kappa shape index (κ1) is 14.9. The monoisotopic (exact) mass is 276 g/mol. The lowest BCUT2D eigenvalue weighted by Crippen LogP contribution is -2.40. The third-order valence-electron chi connectivity index (χ3n) is 3.80. The number of nitrogens with zero attached hydrogens (tertiary/aromatic N) is 1. The highest BCUT2D eigenvalue weighted by molar-refractivity contribution is 5.97. The van der Waals surface area contributed by atoms with E-state index in [0.29, 0.717) is 13.1 Å². The normalized spacial score (nSPS) is 15.2. The van der Waals surface area contributed by atoms with Crippen LogP contribution in [-0.2, 0) is 11.8 Å². The first-order valence-electron chi connectivity index (χ1n) is 7.09. The van der Waals surface area contributed by atoms with Crippen molar-refractivity contribution in [2.24, 2.45) is 5.73 Å². The number of hydrogen-bond acceptors (Lipinski definition) is 3. The van der Waals surface area contributed by atoms with Gasteiger partial charge in [-0.3, -0.25) is 4.79 Å². The molecule has 0 saturated heterocycles. The molecule has 1 amide bonds. The van der Waals surface area contributed by atoms with Gasteiger partial charge in [-0.2, -0.15) is 0 Å². The molecule has 1 heterocycles. The van der Waals surface area contributed by atoms with E-state index in [-0.39, 0.29) is 11.3 Å². The fraction of sp³-hybridized carbons (Fsp3) is 0.562. The molecule has 4 heteroatoms. The van der Waals surface area contributed by atoms with E-state index in [4.69, 9.17) is 10.5 Å². The summed E-state index contributed by atoms with van der Waals surface area (Å²) in [7, 11) is 1.68. The van der Waals surface area contributed by atoms with Crippen LogP contribution in [0.5, 0.6) is 5.75 Å². The van der Waals surface area contributed by atoms with Gasteiger partial charge in [0.15, 0.2) is 0 Å². The Morgan fingerprint density at radius 1 is 1.35 bits per heavy atom. The second-order valence-corrected chi connectivity index (χ2v) is 6.29. The second-order valence-electron chi connectivity index (χ2n) is 6.29. The maximum absolute atomic E-state index is 12.5. The predicted molar refractivity (Wildman–Crippen MR) is 80.4 cm³/mol. The molecule has 0 spiro atoms. The third-order valence-corrected chi connectivity index (χ3v) is 3.80. The van der Waals surface area contributed by atoms with Crippen molar-refractivity contribution in [2.45, 2.75) is 32.6 Å². The summed E-state index contributed by atoms with van der Waals surface area (Å²) in [4.78, 5) is 14.3. The Balaban J connectivity index is 2.49. The molecular formula is C16H24N2O2. The highest BCUT2D eigenvalue weighted by Crippen LogP contribution is 2.35. The summed E-state index contributed by atoms with van der Waals surface area (Å²) in [5.41, 5.74) is 8.46. The van der Waals surface area contributed by atoms with Crippen molar-refractivity contribution < 1.29 is 9.53 Å². The van der Waals surface area contributed by atoms with Crippen molar-refractivity contribution in [3.8, 4) is 5.75 Å². The number of fused-ring (bicyclic) bond motifs is 1. The average molecular weight is 276 g/mol. The molecular weight excluding hydrogens is 252 g/mol. The van der Waals surface area contributed by atoms with Crippen molar-refractivity contribution in [1.29, 1.82) is 0 Å². The van der Waals surface area contributed by atoms with Gasteiger partial charge < -0.3 is 15.4 Å². The van der Waals surface area contributed by atoms with Crippen LogP contribution in [0.2, 0.25) is 0 Å². The molecule has 20 heavy (non-hydrogen) atoms. The minimum atomic E-state index is -0.0587. The van der Waals surface area contributed by atoms with Gasteiger partial charge in [0.25, 0.3) is 5.91 Å². The Labute approximate surface area is 120 Å². The van der Waals surface area contributed by atoms with Crippen molar-refractivity contribution in [3.05, 3.63) is 28.8 Å². The number of rotatable bonds is 3. The maximum Gasteiger partial charge on any atom is 0.254 e. The van der Waals surface area contributed by atoms with Crippen LogP contribution in [0.15, 0.2) is 12.1 Å². The zero-order valence-corrected chi connectivity index (χ0v) is 12.8. The summed E-state index contributed by atoms with van der Waals surface area (Å²) in [6.45, 7) is 8.24. The smallest absolute Gasteiger partial charge is 0.254 e. The molecule has 2 N–H and O–H groups in total. The lowest BCUT2D eigenvalue weighted by atomic mass is 9.83. The van der Waals surface area contributed by atoms with Crippen LogP contribution >= 0.6 is 0 Å². The molecule has 4 nitrogen and oxygen atoms in total. The van der Waals surface area contributed by atoms with Crippen molar-refractivity contribution in [3.63, 3.8) is 0 Å². The SMILES string of the molecule is COc1cc2c(cc1C(C)(C)C)C(=O)N(CCN)CC2. The average Bonchev–Trinajstić information content (AvgIpc) is 2.40. The van der Waals surface area contributed by atoms with E-state index < -0.39 is 0 Å². The molecule has 1 aliphatic heterocycles. The number of nitrogens with two attached hydrogens (primary N) is 1. The molecule has 2 rings (SSSR count). The Kier molecular flexibility index (Phi) is 4.04. The Morgan fingerprint density at radius 2 is 2.05 bits per heavy atom. The highest BCUT2D eigenvalue weighted by atomic mass is 16.5. The third kappa shape index (κ3) is 2.66. The van der Waals surface area contributed by atoms with Gasteiger partial charge in [-0.1, -0.05) is 20.8 Å². The molecule has 0 atom stereocenters. The molecule has 0 aliphatic carbocycles. The fourth-order valence-electron chi connectivity index (χ4n) is 2.68. The molecule has 1 aromatic carbocycles. The molecule has 0 fully saturated rings. The molecule has 0 radical (unpaired) electrons. The van der Waals surface area contributed by atoms with Crippen LogP contribution in [0, 0.1) is 0 Å². The minimum Gasteiger partial charge on any atom is -0.496 e. The molecule has 110 valence electrons. The zero-order valence-electron chi connectivity index (χ0n) is 12.8. The van der Waals surface area contributed by atoms with E-state index in [1.54, 1.807) is 7.11 Å². The molecule has 0 saturated carbocycles. The van der Waals surface area contributed by atoms with Gasteiger partial charge in [-0.15, -0.1) is 0 Å². The summed E-state index contributed by atoms with van der Waals surface area (Å²) in [6, 6.07) is 4.02. The van der Waals surface area contributed by atoms with E-state index in [9.17, 15) is 4.79 Å². The number of carbonyl (C=O) groups is 1. The molecule has 1 aliphatic rings. The summed E-state index contributed by atoms with van der Waals surface area (Å²) < 4.78 is 5.50. The van der Waals surface area contributed by atoms with Crippen LogP contribution in [0.25, 0.3) is 0 Å². The van der Waals surface area contributed by atoms with Gasteiger partial charge in [-0.25, -0.2) is 0 Å². The van der Waals surface area contributed by atoms with Crippen LogP contribution in [0.1, 0.15) is 42.3 Å². The van der Waals surface area contributed by atoms with Crippen LogP contribution < -0.4 is 10.5 Å². The van der Waals surface area contributed by atoms with Gasteiger partial charge >= 0.3 is 0 Å². The maximum atomic E-state index is 12.5. The van der Waals surface area contributed by atoms with Crippen molar-refractivity contribution in [1.82, 2.24) is 4.90 Å². The van der Waals surface area contributed by atoms with E-state index in [0.717, 1.165) is 35.4 Å². The number of ether oxygens (including phenoxy) is 1. The van der Waals surface area contributed by atoms with Gasteiger partial charge in [0.2, 0.25) is 0 Å². The Bertz CT molecular complexity index is 518. The van der Waals surface area contributed by atoms with E-state index in [1.165, 1.54) is 0 Å². The number of carbonyl (C=O) groups excluding carboxylic acids is 1. The number of methoxy groups -OCH3 is 1. The van der Waals surface area contributed by atoms with Crippen molar-refractivity contribution in [2.75, 3.05) is 26.7 Å².